The Morgan fingerprint density at radius 3 is 2.64 bits per heavy atom. The minimum atomic E-state index is -0.900. The normalized spacial score (nSPS) is 16.2. The second-order valence-electron chi connectivity index (χ2n) is 7.84. The minimum absolute atomic E-state index is 0.0767. The van der Waals surface area contributed by atoms with E-state index in [1.165, 1.54) is 19.1 Å². The van der Waals surface area contributed by atoms with Gasteiger partial charge in [-0.2, -0.15) is 0 Å². The number of halogens is 2. The molecule has 0 saturated carbocycles. The maximum atomic E-state index is 15.1. The van der Waals surface area contributed by atoms with Gasteiger partial charge in [-0.1, -0.05) is 6.07 Å². The van der Waals surface area contributed by atoms with E-state index in [0.717, 1.165) is 17.7 Å². The van der Waals surface area contributed by atoms with E-state index >= 15 is 8.78 Å². The molecule has 1 aliphatic heterocycles. The quantitative estimate of drug-likeness (QED) is 0.649. The molecule has 2 amide bonds. The zero-order valence-electron chi connectivity index (χ0n) is 18.5. The van der Waals surface area contributed by atoms with Crippen molar-refractivity contribution in [3.8, 4) is 11.4 Å². The maximum absolute atomic E-state index is 15.1. The summed E-state index contributed by atoms with van der Waals surface area (Å²) in [4.78, 5) is 29.9. The summed E-state index contributed by atoms with van der Waals surface area (Å²) in [7, 11) is 2.69. The Bertz CT molecular complexity index is 1200. The van der Waals surface area contributed by atoms with Gasteiger partial charge >= 0.3 is 6.09 Å². The van der Waals surface area contributed by atoms with Crippen LogP contribution in [0, 0.1) is 18.6 Å². The molecule has 1 fully saturated rings. The van der Waals surface area contributed by atoms with Gasteiger partial charge in [-0.25, -0.2) is 18.6 Å². The lowest BCUT2D eigenvalue weighted by Crippen LogP contribution is -2.47. The number of fused-ring (bicyclic) bond motifs is 1. The Hall–Kier alpha value is -3.53. The molecule has 3 aromatic rings. The smallest absolute Gasteiger partial charge is 0.409 e. The summed E-state index contributed by atoms with van der Waals surface area (Å²) >= 11 is 0. The van der Waals surface area contributed by atoms with Crippen molar-refractivity contribution in [1.82, 2.24) is 19.8 Å². The summed E-state index contributed by atoms with van der Waals surface area (Å²) in [6, 6.07) is 7.52. The van der Waals surface area contributed by atoms with Crippen LogP contribution in [0.2, 0.25) is 0 Å². The van der Waals surface area contributed by atoms with Gasteiger partial charge in [-0.3, -0.25) is 4.79 Å². The molecule has 0 aliphatic carbocycles. The zero-order valence-corrected chi connectivity index (χ0v) is 18.5. The molecular formula is C23H24F2N4O4. The molecule has 4 rings (SSSR count). The first-order valence-corrected chi connectivity index (χ1v) is 10.4. The molecule has 1 N–H and O–H groups in total. The number of hydrogen-bond donors (Lipinski definition) is 1. The van der Waals surface area contributed by atoms with Gasteiger partial charge in [-0.15, -0.1) is 0 Å². The first-order valence-electron chi connectivity index (χ1n) is 10.4. The van der Waals surface area contributed by atoms with Crippen LogP contribution in [-0.4, -0.2) is 66.4 Å². The molecule has 0 radical (unpaired) electrons. The van der Waals surface area contributed by atoms with Crippen molar-refractivity contribution in [1.29, 1.82) is 0 Å². The van der Waals surface area contributed by atoms with E-state index in [1.54, 1.807) is 4.57 Å². The SMILES string of the molecule is CNC(=O)c1cc(F)c(-c2nc3cc(C)ccc3n2C[C@H]2CN(C(=O)OC)CCO2)c(F)c1. The summed E-state index contributed by atoms with van der Waals surface area (Å²) < 4.78 is 42.5. The molecular weight excluding hydrogens is 434 g/mol. The number of nitrogens with zero attached hydrogens (tertiary/aromatic N) is 3. The molecule has 33 heavy (non-hydrogen) atoms. The van der Waals surface area contributed by atoms with Gasteiger partial charge < -0.3 is 24.3 Å². The van der Waals surface area contributed by atoms with Crippen LogP contribution in [0.1, 0.15) is 15.9 Å². The van der Waals surface area contributed by atoms with Crippen molar-refractivity contribution in [3.63, 3.8) is 0 Å². The minimum Gasteiger partial charge on any atom is -0.453 e. The van der Waals surface area contributed by atoms with Gasteiger partial charge in [0.25, 0.3) is 5.91 Å². The number of carbonyl (C=O) groups excluding carboxylic acids is 2. The van der Waals surface area contributed by atoms with Crippen molar-refractivity contribution in [2.75, 3.05) is 33.9 Å². The van der Waals surface area contributed by atoms with Crippen LogP contribution in [0.5, 0.6) is 0 Å². The Morgan fingerprint density at radius 1 is 1.24 bits per heavy atom. The van der Waals surface area contributed by atoms with Gasteiger partial charge in [0, 0.05) is 19.2 Å². The average molecular weight is 458 g/mol. The van der Waals surface area contributed by atoms with Crippen LogP contribution < -0.4 is 5.32 Å². The van der Waals surface area contributed by atoms with Crippen LogP contribution in [0.3, 0.4) is 0 Å². The number of morpholine rings is 1. The fraction of sp³-hybridized carbons (Fsp3) is 0.348. The lowest BCUT2D eigenvalue weighted by Gasteiger charge is -2.32. The molecule has 1 saturated heterocycles. The van der Waals surface area contributed by atoms with E-state index in [2.05, 4.69) is 10.3 Å². The number of benzene rings is 2. The molecule has 2 heterocycles. The van der Waals surface area contributed by atoms with E-state index in [-0.39, 0.29) is 30.0 Å². The number of methoxy groups -OCH3 is 1. The monoisotopic (exact) mass is 458 g/mol. The predicted molar refractivity (Wildman–Crippen MR) is 117 cm³/mol. The summed E-state index contributed by atoms with van der Waals surface area (Å²) in [5.41, 5.74) is 1.72. The summed E-state index contributed by atoms with van der Waals surface area (Å²) in [5.74, 6) is -2.32. The third-order valence-electron chi connectivity index (χ3n) is 5.62. The average Bonchev–Trinajstić information content (AvgIpc) is 3.14. The molecule has 0 unspecified atom stereocenters. The van der Waals surface area contributed by atoms with Crippen LogP contribution >= 0.6 is 0 Å². The highest BCUT2D eigenvalue weighted by atomic mass is 19.1. The van der Waals surface area contributed by atoms with Crippen molar-refractivity contribution in [2.24, 2.45) is 0 Å². The van der Waals surface area contributed by atoms with Crippen LogP contribution in [0.4, 0.5) is 13.6 Å². The van der Waals surface area contributed by atoms with Gasteiger partial charge in [-0.05, 0) is 36.8 Å². The molecule has 2 aromatic carbocycles. The number of aryl methyl sites for hydroxylation is 1. The highest BCUT2D eigenvalue weighted by molar-refractivity contribution is 5.94. The molecule has 1 aromatic heterocycles. The van der Waals surface area contributed by atoms with Crippen molar-refractivity contribution in [3.05, 3.63) is 53.1 Å². The Labute approximate surface area is 189 Å². The van der Waals surface area contributed by atoms with Crippen molar-refractivity contribution < 1.29 is 27.8 Å². The van der Waals surface area contributed by atoms with E-state index in [9.17, 15) is 9.59 Å². The fourth-order valence-electron chi connectivity index (χ4n) is 4.01. The Morgan fingerprint density at radius 2 is 1.97 bits per heavy atom. The molecule has 10 heteroatoms. The Balaban J connectivity index is 1.79. The number of carbonyl (C=O) groups is 2. The first-order chi connectivity index (χ1) is 15.8. The van der Waals surface area contributed by atoms with Crippen molar-refractivity contribution in [2.45, 2.75) is 19.6 Å². The molecule has 1 aliphatic rings. The number of rotatable bonds is 4. The zero-order chi connectivity index (χ0) is 23.7. The highest BCUT2D eigenvalue weighted by Gasteiger charge is 2.28. The second-order valence-corrected chi connectivity index (χ2v) is 7.84. The number of nitrogens with one attached hydrogen (secondary N) is 1. The fourth-order valence-corrected chi connectivity index (χ4v) is 4.01. The predicted octanol–water partition coefficient (Wildman–Crippen LogP) is 3.12. The van der Waals surface area contributed by atoms with Crippen LogP contribution in [0.25, 0.3) is 22.4 Å². The second kappa shape index (κ2) is 9.14. The van der Waals surface area contributed by atoms with Crippen LogP contribution in [-0.2, 0) is 16.0 Å². The van der Waals surface area contributed by atoms with Gasteiger partial charge in [0.05, 0.1) is 49.5 Å². The summed E-state index contributed by atoms with van der Waals surface area (Å²) in [5, 5.41) is 2.35. The molecule has 0 bridgehead atoms. The third-order valence-corrected chi connectivity index (χ3v) is 5.62. The molecule has 8 nitrogen and oxygen atoms in total. The first kappa shape index (κ1) is 22.7. The number of hydrogen-bond acceptors (Lipinski definition) is 5. The third kappa shape index (κ3) is 4.38. The van der Waals surface area contributed by atoms with E-state index in [0.29, 0.717) is 24.2 Å². The lowest BCUT2D eigenvalue weighted by molar-refractivity contribution is -0.0310. The van der Waals surface area contributed by atoms with E-state index in [4.69, 9.17) is 9.47 Å². The summed E-state index contributed by atoms with van der Waals surface area (Å²) in [6.45, 7) is 3.07. The van der Waals surface area contributed by atoms with Gasteiger partial charge in [0.15, 0.2) is 0 Å². The molecule has 1 atom stereocenters. The topological polar surface area (TPSA) is 85.7 Å². The van der Waals surface area contributed by atoms with Crippen molar-refractivity contribution >= 4 is 23.0 Å². The largest absolute Gasteiger partial charge is 0.453 e. The maximum Gasteiger partial charge on any atom is 0.409 e. The lowest BCUT2D eigenvalue weighted by atomic mass is 10.1. The number of imidazole rings is 1. The van der Waals surface area contributed by atoms with E-state index < -0.39 is 29.7 Å². The summed E-state index contributed by atoms with van der Waals surface area (Å²) in [6.07, 6.45) is -0.900. The van der Waals surface area contributed by atoms with Gasteiger partial charge in [0.1, 0.15) is 17.5 Å². The molecule has 0 spiro atoms. The van der Waals surface area contributed by atoms with Crippen LogP contribution in [0.15, 0.2) is 30.3 Å². The highest BCUT2D eigenvalue weighted by Crippen LogP contribution is 2.31. The number of amides is 2. The van der Waals surface area contributed by atoms with Gasteiger partial charge in [0.2, 0.25) is 0 Å². The van der Waals surface area contributed by atoms with E-state index in [1.807, 2.05) is 25.1 Å². The standard InChI is InChI=1S/C23H24F2N4O4/c1-13-4-5-19-18(8-13)27-21(20-16(24)9-14(10-17(20)25)22(30)26-2)29(19)12-15-11-28(6-7-33-15)23(31)32-3/h4-5,8-10,15H,6-7,11-12H2,1-3H3,(H,26,30)/t15-/m1/s1. The molecule has 174 valence electrons. The number of aromatic nitrogens is 2. The number of ether oxygens (including phenoxy) is 2. The Kier molecular flexibility index (Phi) is 6.28.